The highest BCUT2D eigenvalue weighted by molar-refractivity contribution is 6.18. The Kier molecular flexibility index (Phi) is 5.79. The van der Waals surface area contributed by atoms with Gasteiger partial charge in [-0.2, -0.15) is 8.78 Å². The number of rotatable bonds is 6. The molecule has 2 rings (SSSR count). The Morgan fingerprint density at radius 2 is 1.75 bits per heavy atom. The van der Waals surface area contributed by atoms with E-state index in [1.807, 2.05) is 4.90 Å². The van der Waals surface area contributed by atoms with E-state index in [0.717, 1.165) is 25.7 Å². The van der Waals surface area contributed by atoms with Gasteiger partial charge >= 0.3 is 0 Å². The summed E-state index contributed by atoms with van der Waals surface area (Å²) >= 11 is 5.80. The van der Waals surface area contributed by atoms with Crippen molar-refractivity contribution in [2.75, 3.05) is 19.0 Å². The lowest BCUT2D eigenvalue weighted by Gasteiger charge is -2.36. The molecule has 4 heteroatoms. The SMILES string of the molecule is FC(F)(CN(CCCl)C1CCCCC1)c1ccccc1. The van der Waals surface area contributed by atoms with Crippen LogP contribution in [-0.4, -0.2) is 29.9 Å². The fraction of sp³-hybridized carbons (Fsp3) is 0.625. The van der Waals surface area contributed by atoms with E-state index in [-0.39, 0.29) is 18.2 Å². The van der Waals surface area contributed by atoms with Crippen LogP contribution in [-0.2, 0) is 5.92 Å². The summed E-state index contributed by atoms with van der Waals surface area (Å²) in [6.07, 6.45) is 5.53. The van der Waals surface area contributed by atoms with E-state index in [1.165, 1.54) is 18.6 Å². The zero-order valence-corrected chi connectivity index (χ0v) is 12.5. The monoisotopic (exact) mass is 301 g/mol. The van der Waals surface area contributed by atoms with Crippen LogP contribution in [0.2, 0.25) is 0 Å². The first-order valence-electron chi connectivity index (χ1n) is 7.37. The van der Waals surface area contributed by atoms with Crippen molar-refractivity contribution >= 4 is 11.6 Å². The third kappa shape index (κ3) is 4.16. The zero-order valence-electron chi connectivity index (χ0n) is 11.7. The van der Waals surface area contributed by atoms with E-state index < -0.39 is 5.92 Å². The quantitative estimate of drug-likeness (QED) is 0.691. The molecule has 0 bridgehead atoms. The fourth-order valence-corrected chi connectivity index (χ4v) is 3.19. The molecule has 1 aromatic rings. The molecule has 1 saturated carbocycles. The van der Waals surface area contributed by atoms with Crippen LogP contribution in [0.5, 0.6) is 0 Å². The van der Waals surface area contributed by atoms with Gasteiger partial charge in [0.15, 0.2) is 0 Å². The maximum Gasteiger partial charge on any atom is 0.285 e. The molecule has 0 spiro atoms. The van der Waals surface area contributed by atoms with Gasteiger partial charge in [0.1, 0.15) is 0 Å². The van der Waals surface area contributed by atoms with Crippen LogP contribution < -0.4 is 0 Å². The minimum absolute atomic E-state index is 0.0929. The van der Waals surface area contributed by atoms with Gasteiger partial charge in [-0.05, 0) is 12.8 Å². The molecule has 1 nitrogen and oxygen atoms in total. The number of hydrogen-bond donors (Lipinski definition) is 0. The smallest absolute Gasteiger partial charge is 0.285 e. The molecule has 0 N–H and O–H groups in total. The number of hydrogen-bond acceptors (Lipinski definition) is 1. The molecule has 1 fully saturated rings. The van der Waals surface area contributed by atoms with Gasteiger partial charge in [0.05, 0.1) is 6.54 Å². The molecule has 0 amide bonds. The van der Waals surface area contributed by atoms with E-state index in [4.69, 9.17) is 11.6 Å². The normalized spacial score (nSPS) is 17.6. The van der Waals surface area contributed by atoms with Crippen LogP contribution in [0.25, 0.3) is 0 Å². The maximum atomic E-state index is 14.4. The van der Waals surface area contributed by atoms with Crippen molar-refractivity contribution in [2.45, 2.75) is 44.1 Å². The largest absolute Gasteiger partial charge is 0.293 e. The van der Waals surface area contributed by atoms with Gasteiger partial charge in [0.2, 0.25) is 0 Å². The summed E-state index contributed by atoms with van der Waals surface area (Å²) in [5.74, 6) is -2.41. The first-order valence-corrected chi connectivity index (χ1v) is 7.90. The molecule has 0 radical (unpaired) electrons. The maximum absolute atomic E-state index is 14.4. The second kappa shape index (κ2) is 7.37. The Balaban J connectivity index is 2.06. The van der Waals surface area contributed by atoms with Crippen molar-refractivity contribution in [1.82, 2.24) is 4.90 Å². The van der Waals surface area contributed by atoms with Crippen LogP contribution in [0.1, 0.15) is 37.7 Å². The van der Waals surface area contributed by atoms with Crippen molar-refractivity contribution in [2.24, 2.45) is 0 Å². The highest BCUT2D eigenvalue weighted by atomic mass is 35.5. The van der Waals surface area contributed by atoms with Crippen molar-refractivity contribution in [3.05, 3.63) is 35.9 Å². The molecule has 0 heterocycles. The van der Waals surface area contributed by atoms with Gasteiger partial charge < -0.3 is 0 Å². The molecular formula is C16H22ClF2N. The van der Waals surface area contributed by atoms with E-state index in [2.05, 4.69) is 0 Å². The summed E-state index contributed by atoms with van der Waals surface area (Å²) in [5.41, 5.74) is 0.0929. The standard InChI is InChI=1S/C16H22ClF2N/c17-11-12-20(15-9-5-2-6-10-15)13-16(18,19)14-7-3-1-4-8-14/h1,3-4,7-8,15H,2,5-6,9-13H2. The van der Waals surface area contributed by atoms with E-state index in [1.54, 1.807) is 18.2 Å². The molecule has 0 saturated heterocycles. The van der Waals surface area contributed by atoms with Crippen molar-refractivity contribution in [3.63, 3.8) is 0 Å². The third-order valence-electron chi connectivity index (χ3n) is 4.06. The van der Waals surface area contributed by atoms with E-state index >= 15 is 0 Å². The van der Waals surface area contributed by atoms with Gasteiger partial charge in [-0.25, -0.2) is 0 Å². The molecule has 1 aliphatic carbocycles. The molecule has 1 aliphatic rings. The van der Waals surface area contributed by atoms with Crippen LogP contribution >= 0.6 is 11.6 Å². The Morgan fingerprint density at radius 3 is 2.35 bits per heavy atom. The Morgan fingerprint density at radius 1 is 1.10 bits per heavy atom. The summed E-state index contributed by atoms with van der Waals surface area (Å²) in [6.45, 7) is 0.309. The minimum Gasteiger partial charge on any atom is -0.293 e. The Hall–Kier alpha value is -0.670. The molecule has 0 aromatic heterocycles. The number of alkyl halides is 3. The first-order chi connectivity index (χ1) is 9.63. The van der Waals surface area contributed by atoms with Crippen LogP contribution in [0, 0.1) is 0 Å². The fourth-order valence-electron chi connectivity index (χ4n) is 2.97. The highest BCUT2D eigenvalue weighted by Gasteiger charge is 2.36. The molecule has 1 aromatic carbocycles. The topological polar surface area (TPSA) is 3.24 Å². The second-order valence-electron chi connectivity index (χ2n) is 5.52. The van der Waals surface area contributed by atoms with E-state index in [0.29, 0.717) is 12.4 Å². The Labute approximate surface area is 124 Å². The highest BCUT2D eigenvalue weighted by Crippen LogP contribution is 2.31. The van der Waals surface area contributed by atoms with Gasteiger partial charge in [-0.1, -0.05) is 49.6 Å². The lowest BCUT2D eigenvalue weighted by Crippen LogP contribution is -2.44. The zero-order chi connectivity index (χ0) is 14.4. The van der Waals surface area contributed by atoms with Crippen LogP contribution in [0.4, 0.5) is 8.78 Å². The number of benzene rings is 1. The summed E-state index contributed by atoms with van der Waals surface area (Å²) in [5, 5.41) is 0. The molecule has 0 aliphatic heterocycles. The van der Waals surface area contributed by atoms with E-state index in [9.17, 15) is 8.78 Å². The summed E-state index contributed by atoms with van der Waals surface area (Å²) < 4.78 is 28.8. The third-order valence-corrected chi connectivity index (χ3v) is 4.23. The summed E-state index contributed by atoms with van der Waals surface area (Å²) in [4.78, 5) is 1.89. The summed E-state index contributed by atoms with van der Waals surface area (Å²) in [6, 6.07) is 8.35. The van der Waals surface area contributed by atoms with Gasteiger partial charge in [0, 0.05) is 24.0 Å². The molecule has 112 valence electrons. The van der Waals surface area contributed by atoms with Gasteiger partial charge in [-0.3, -0.25) is 4.90 Å². The minimum atomic E-state index is -2.81. The summed E-state index contributed by atoms with van der Waals surface area (Å²) in [7, 11) is 0. The molecular weight excluding hydrogens is 280 g/mol. The average molecular weight is 302 g/mol. The second-order valence-corrected chi connectivity index (χ2v) is 5.90. The van der Waals surface area contributed by atoms with Crippen LogP contribution in [0.3, 0.4) is 0 Å². The predicted molar refractivity (Wildman–Crippen MR) is 79.5 cm³/mol. The molecule has 0 atom stereocenters. The van der Waals surface area contributed by atoms with Crippen molar-refractivity contribution in [3.8, 4) is 0 Å². The number of halogens is 3. The lowest BCUT2D eigenvalue weighted by atomic mass is 9.93. The number of nitrogens with zero attached hydrogens (tertiary/aromatic N) is 1. The van der Waals surface area contributed by atoms with Crippen molar-refractivity contribution < 1.29 is 8.78 Å². The van der Waals surface area contributed by atoms with Gasteiger partial charge in [0.25, 0.3) is 5.92 Å². The Bertz CT molecular complexity index is 391. The predicted octanol–water partition coefficient (Wildman–Crippen LogP) is 4.65. The molecule has 0 unspecified atom stereocenters. The van der Waals surface area contributed by atoms with Crippen LogP contribution in [0.15, 0.2) is 30.3 Å². The lowest BCUT2D eigenvalue weighted by molar-refractivity contribution is -0.0501. The average Bonchev–Trinajstić information content (AvgIpc) is 2.48. The first kappa shape index (κ1) is 15.7. The van der Waals surface area contributed by atoms with Crippen molar-refractivity contribution in [1.29, 1.82) is 0 Å². The molecule has 20 heavy (non-hydrogen) atoms. The van der Waals surface area contributed by atoms with Gasteiger partial charge in [-0.15, -0.1) is 11.6 Å².